The van der Waals surface area contributed by atoms with E-state index >= 15 is 0 Å². The van der Waals surface area contributed by atoms with Crippen LogP contribution in [0.3, 0.4) is 0 Å². The molecule has 1 rings (SSSR count). The first-order valence-electron chi connectivity index (χ1n) is 7.06. The van der Waals surface area contributed by atoms with Crippen molar-refractivity contribution in [2.24, 2.45) is 5.92 Å². The van der Waals surface area contributed by atoms with E-state index in [1.165, 1.54) is 19.3 Å². The van der Waals surface area contributed by atoms with E-state index in [2.05, 4.69) is 33.0 Å². The van der Waals surface area contributed by atoms with Crippen LogP contribution in [0.2, 0.25) is 0 Å². The lowest BCUT2D eigenvalue weighted by molar-refractivity contribution is -0.135. The Labute approximate surface area is 106 Å². The van der Waals surface area contributed by atoms with E-state index in [1.807, 2.05) is 4.90 Å². The molecule has 0 aromatic carbocycles. The van der Waals surface area contributed by atoms with Crippen LogP contribution in [0, 0.1) is 5.92 Å². The average molecular weight is 240 g/mol. The van der Waals surface area contributed by atoms with E-state index in [0.717, 1.165) is 19.5 Å². The molecule has 3 nitrogen and oxygen atoms in total. The van der Waals surface area contributed by atoms with Crippen molar-refractivity contribution < 1.29 is 4.79 Å². The number of carbonyl (C=O) groups is 1. The Morgan fingerprint density at radius 1 is 1.24 bits per heavy atom. The van der Waals surface area contributed by atoms with Gasteiger partial charge in [0.05, 0.1) is 6.04 Å². The molecule has 1 aliphatic rings. The number of hydrogen-bond donors (Lipinski definition) is 1. The fourth-order valence-electron chi connectivity index (χ4n) is 2.39. The molecule has 1 N–H and O–H groups in total. The first-order valence-corrected chi connectivity index (χ1v) is 7.06. The van der Waals surface area contributed by atoms with Crippen LogP contribution in [0.5, 0.6) is 0 Å². The Kier molecular flexibility index (Phi) is 5.96. The molecule has 1 fully saturated rings. The van der Waals surface area contributed by atoms with Crippen LogP contribution >= 0.6 is 0 Å². The van der Waals surface area contributed by atoms with Crippen molar-refractivity contribution in [2.75, 3.05) is 13.1 Å². The standard InChI is InChI=1S/C14H28N2O/c1-11(2)10-16(12(3)4)14(17)13-8-6-5-7-9-15-13/h11-13,15H,5-10H2,1-4H3. The quantitative estimate of drug-likeness (QED) is 0.818. The van der Waals surface area contributed by atoms with Crippen LogP contribution in [-0.4, -0.2) is 36.0 Å². The Morgan fingerprint density at radius 3 is 2.53 bits per heavy atom. The van der Waals surface area contributed by atoms with Gasteiger partial charge in [0.2, 0.25) is 5.91 Å². The average Bonchev–Trinajstić information content (AvgIpc) is 2.52. The summed E-state index contributed by atoms with van der Waals surface area (Å²) in [4.78, 5) is 14.5. The molecule has 1 amide bonds. The predicted octanol–water partition coefficient (Wildman–Crippen LogP) is 2.41. The summed E-state index contributed by atoms with van der Waals surface area (Å²) in [5.74, 6) is 0.836. The first kappa shape index (κ1) is 14.5. The summed E-state index contributed by atoms with van der Waals surface area (Å²) in [6, 6.07) is 0.355. The highest BCUT2D eigenvalue weighted by Crippen LogP contribution is 2.13. The molecule has 0 radical (unpaired) electrons. The Hall–Kier alpha value is -0.570. The molecule has 0 aromatic heterocycles. The van der Waals surface area contributed by atoms with Crippen molar-refractivity contribution in [3.05, 3.63) is 0 Å². The van der Waals surface area contributed by atoms with E-state index in [9.17, 15) is 4.79 Å². The third-order valence-corrected chi connectivity index (χ3v) is 3.33. The second kappa shape index (κ2) is 7.00. The number of amides is 1. The zero-order valence-corrected chi connectivity index (χ0v) is 11.8. The molecular weight excluding hydrogens is 212 g/mol. The van der Waals surface area contributed by atoms with Crippen LogP contribution in [0.25, 0.3) is 0 Å². The van der Waals surface area contributed by atoms with Gasteiger partial charge in [0.1, 0.15) is 0 Å². The molecule has 1 unspecified atom stereocenters. The van der Waals surface area contributed by atoms with Gasteiger partial charge in [0.15, 0.2) is 0 Å². The summed E-state index contributed by atoms with van der Waals surface area (Å²) in [7, 11) is 0. The van der Waals surface area contributed by atoms with Crippen molar-refractivity contribution in [1.29, 1.82) is 0 Å². The summed E-state index contributed by atoms with van der Waals surface area (Å²) in [5.41, 5.74) is 0. The van der Waals surface area contributed by atoms with Crippen molar-refractivity contribution in [2.45, 2.75) is 65.5 Å². The molecule has 0 aromatic rings. The number of nitrogens with one attached hydrogen (secondary N) is 1. The molecule has 3 heteroatoms. The minimum absolute atomic E-state index is 0.0543. The minimum Gasteiger partial charge on any atom is -0.339 e. The van der Waals surface area contributed by atoms with Gasteiger partial charge in [0.25, 0.3) is 0 Å². The zero-order valence-electron chi connectivity index (χ0n) is 11.8. The van der Waals surface area contributed by atoms with Gasteiger partial charge in [-0.25, -0.2) is 0 Å². The van der Waals surface area contributed by atoms with Gasteiger partial charge >= 0.3 is 0 Å². The first-order chi connectivity index (χ1) is 8.02. The summed E-state index contributed by atoms with van der Waals surface area (Å²) >= 11 is 0. The maximum absolute atomic E-state index is 12.5. The van der Waals surface area contributed by atoms with Gasteiger partial charge in [-0.1, -0.05) is 26.7 Å². The molecule has 0 spiro atoms. The van der Waals surface area contributed by atoms with E-state index in [-0.39, 0.29) is 6.04 Å². The monoisotopic (exact) mass is 240 g/mol. The smallest absolute Gasteiger partial charge is 0.239 e. The molecule has 0 bridgehead atoms. The predicted molar refractivity (Wildman–Crippen MR) is 71.9 cm³/mol. The minimum atomic E-state index is 0.0543. The van der Waals surface area contributed by atoms with Gasteiger partial charge < -0.3 is 10.2 Å². The van der Waals surface area contributed by atoms with Crippen molar-refractivity contribution >= 4 is 5.91 Å². The maximum Gasteiger partial charge on any atom is 0.239 e. The van der Waals surface area contributed by atoms with Crippen LogP contribution in [-0.2, 0) is 4.79 Å². The lowest BCUT2D eigenvalue weighted by atomic mass is 10.1. The van der Waals surface area contributed by atoms with Gasteiger partial charge in [-0.15, -0.1) is 0 Å². The highest BCUT2D eigenvalue weighted by atomic mass is 16.2. The molecule has 1 heterocycles. The highest BCUT2D eigenvalue weighted by molar-refractivity contribution is 5.82. The summed E-state index contributed by atoms with van der Waals surface area (Å²) in [6.07, 6.45) is 4.63. The normalized spacial score (nSPS) is 21.6. The fourth-order valence-corrected chi connectivity index (χ4v) is 2.39. The summed E-state index contributed by atoms with van der Waals surface area (Å²) in [5, 5.41) is 3.40. The van der Waals surface area contributed by atoms with E-state index in [0.29, 0.717) is 17.9 Å². The Balaban J connectivity index is 2.61. The second-order valence-electron chi connectivity index (χ2n) is 5.83. The second-order valence-corrected chi connectivity index (χ2v) is 5.83. The molecule has 17 heavy (non-hydrogen) atoms. The summed E-state index contributed by atoms with van der Waals surface area (Å²) < 4.78 is 0. The number of carbonyl (C=O) groups excluding carboxylic acids is 1. The number of nitrogens with zero attached hydrogens (tertiary/aromatic N) is 1. The third-order valence-electron chi connectivity index (χ3n) is 3.33. The topological polar surface area (TPSA) is 32.3 Å². The van der Waals surface area contributed by atoms with Crippen molar-refractivity contribution in [1.82, 2.24) is 10.2 Å². The fraction of sp³-hybridized carbons (Fsp3) is 0.929. The Morgan fingerprint density at radius 2 is 1.94 bits per heavy atom. The van der Waals surface area contributed by atoms with Gasteiger partial charge in [-0.3, -0.25) is 4.79 Å². The molecule has 0 saturated carbocycles. The molecular formula is C14H28N2O. The van der Waals surface area contributed by atoms with Gasteiger partial charge in [-0.05, 0) is 39.2 Å². The van der Waals surface area contributed by atoms with Gasteiger partial charge in [-0.2, -0.15) is 0 Å². The molecule has 1 aliphatic heterocycles. The molecule has 0 aliphatic carbocycles. The lowest BCUT2D eigenvalue weighted by Crippen LogP contribution is -2.50. The van der Waals surface area contributed by atoms with Crippen LogP contribution in [0.15, 0.2) is 0 Å². The molecule has 1 saturated heterocycles. The maximum atomic E-state index is 12.5. The number of hydrogen-bond acceptors (Lipinski definition) is 2. The van der Waals surface area contributed by atoms with Crippen LogP contribution in [0.1, 0.15) is 53.4 Å². The van der Waals surface area contributed by atoms with Crippen molar-refractivity contribution in [3.8, 4) is 0 Å². The number of rotatable bonds is 4. The van der Waals surface area contributed by atoms with Crippen LogP contribution < -0.4 is 5.32 Å². The van der Waals surface area contributed by atoms with Crippen molar-refractivity contribution in [3.63, 3.8) is 0 Å². The largest absolute Gasteiger partial charge is 0.339 e. The van der Waals surface area contributed by atoms with E-state index < -0.39 is 0 Å². The third kappa shape index (κ3) is 4.66. The summed E-state index contributed by atoms with van der Waals surface area (Å²) in [6.45, 7) is 10.4. The SMILES string of the molecule is CC(C)CN(C(=O)C1CCCCCN1)C(C)C. The zero-order chi connectivity index (χ0) is 12.8. The van der Waals surface area contributed by atoms with E-state index in [1.54, 1.807) is 0 Å². The molecule has 100 valence electrons. The Bertz CT molecular complexity index is 230. The van der Waals surface area contributed by atoms with E-state index in [4.69, 9.17) is 0 Å². The highest BCUT2D eigenvalue weighted by Gasteiger charge is 2.26. The lowest BCUT2D eigenvalue weighted by Gasteiger charge is -2.32. The van der Waals surface area contributed by atoms with Crippen LogP contribution in [0.4, 0.5) is 0 Å². The van der Waals surface area contributed by atoms with Gasteiger partial charge in [0, 0.05) is 12.6 Å². The molecule has 1 atom stereocenters.